The van der Waals surface area contributed by atoms with Gasteiger partial charge in [-0.2, -0.15) is 5.10 Å². The fourth-order valence-corrected chi connectivity index (χ4v) is 2.99. The summed E-state index contributed by atoms with van der Waals surface area (Å²) in [6.07, 6.45) is 1.88. The molecule has 1 heterocycles. The maximum absolute atomic E-state index is 4.33. The molecule has 0 aromatic heterocycles. The Hall–Kier alpha value is -2.17. The maximum Gasteiger partial charge on any atom is 0.0561 e. The number of benzene rings is 2. The van der Waals surface area contributed by atoms with E-state index < -0.39 is 0 Å². The molecule has 0 amide bonds. The largest absolute Gasteiger partial charge is 0.301 e. The molecule has 1 saturated heterocycles. The number of piperazine rings is 1. The van der Waals surface area contributed by atoms with Crippen molar-refractivity contribution < 1.29 is 0 Å². The van der Waals surface area contributed by atoms with E-state index in [2.05, 4.69) is 51.5 Å². The minimum atomic E-state index is 0.999. The van der Waals surface area contributed by atoms with Gasteiger partial charge in [-0.05, 0) is 35.9 Å². The highest BCUT2D eigenvalue weighted by Crippen LogP contribution is 2.10. The van der Waals surface area contributed by atoms with Gasteiger partial charge in [-0.15, -0.1) is 0 Å². The van der Waals surface area contributed by atoms with Crippen molar-refractivity contribution in [3.8, 4) is 0 Å². The Kier molecular flexibility index (Phi) is 5.99. The number of nitrogens with zero attached hydrogens (tertiary/aromatic N) is 3. The van der Waals surface area contributed by atoms with E-state index >= 15 is 0 Å². The third-order valence-corrected chi connectivity index (χ3v) is 4.45. The zero-order chi connectivity index (χ0) is 16.6. The number of anilines is 1. The van der Waals surface area contributed by atoms with Crippen LogP contribution in [0.2, 0.25) is 0 Å². The Morgan fingerprint density at radius 1 is 0.958 bits per heavy atom. The summed E-state index contributed by atoms with van der Waals surface area (Å²) in [4.78, 5) is 5.04. The molecule has 1 fully saturated rings. The van der Waals surface area contributed by atoms with E-state index in [0.717, 1.165) is 37.4 Å². The first-order valence-electron chi connectivity index (χ1n) is 8.71. The van der Waals surface area contributed by atoms with Crippen LogP contribution in [0.3, 0.4) is 0 Å². The van der Waals surface area contributed by atoms with Crippen LogP contribution in [0.5, 0.6) is 0 Å². The normalized spacial score (nSPS) is 16.5. The van der Waals surface area contributed by atoms with Crippen LogP contribution in [-0.2, 0) is 6.54 Å². The summed E-state index contributed by atoms with van der Waals surface area (Å²) in [5.41, 5.74) is 6.54. The van der Waals surface area contributed by atoms with Gasteiger partial charge in [0.2, 0.25) is 0 Å². The highest BCUT2D eigenvalue weighted by atomic mass is 15.3. The van der Waals surface area contributed by atoms with Crippen molar-refractivity contribution in [2.45, 2.75) is 13.5 Å². The van der Waals surface area contributed by atoms with Gasteiger partial charge in [0, 0.05) is 32.7 Å². The molecule has 2 aromatic rings. The van der Waals surface area contributed by atoms with Crippen molar-refractivity contribution in [2.24, 2.45) is 5.10 Å². The molecule has 126 valence electrons. The molecule has 4 nitrogen and oxygen atoms in total. The highest BCUT2D eigenvalue weighted by molar-refractivity contribution is 5.80. The fraction of sp³-hybridized carbons (Fsp3) is 0.350. The molecular weight excluding hydrogens is 296 g/mol. The number of nitrogens with one attached hydrogen (secondary N) is 1. The lowest BCUT2D eigenvalue weighted by molar-refractivity contribution is 0.132. The second-order valence-corrected chi connectivity index (χ2v) is 6.19. The van der Waals surface area contributed by atoms with E-state index in [1.54, 1.807) is 0 Å². The van der Waals surface area contributed by atoms with Gasteiger partial charge in [0.05, 0.1) is 11.9 Å². The highest BCUT2D eigenvalue weighted by Gasteiger charge is 2.15. The predicted octanol–water partition coefficient (Wildman–Crippen LogP) is 3.27. The molecule has 1 aliphatic rings. The smallest absolute Gasteiger partial charge is 0.0561 e. The molecule has 4 heteroatoms. The molecule has 3 rings (SSSR count). The first kappa shape index (κ1) is 16.7. The van der Waals surface area contributed by atoms with Crippen LogP contribution in [-0.4, -0.2) is 48.7 Å². The average Bonchev–Trinajstić information content (AvgIpc) is 2.64. The zero-order valence-corrected chi connectivity index (χ0v) is 14.4. The van der Waals surface area contributed by atoms with Gasteiger partial charge < -0.3 is 4.90 Å². The van der Waals surface area contributed by atoms with Crippen LogP contribution >= 0.6 is 0 Å². The lowest BCUT2D eigenvalue weighted by atomic mass is 10.1. The summed E-state index contributed by atoms with van der Waals surface area (Å²) >= 11 is 0. The Morgan fingerprint density at radius 3 is 2.46 bits per heavy atom. The Balaban J connectivity index is 1.54. The van der Waals surface area contributed by atoms with Crippen LogP contribution < -0.4 is 5.43 Å². The van der Waals surface area contributed by atoms with E-state index in [9.17, 15) is 0 Å². The minimum absolute atomic E-state index is 0.999. The second kappa shape index (κ2) is 8.62. The van der Waals surface area contributed by atoms with Crippen LogP contribution in [0, 0.1) is 0 Å². The zero-order valence-electron chi connectivity index (χ0n) is 14.4. The number of para-hydroxylation sites is 1. The molecular formula is C20H26N4. The SMILES string of the molecule is CCN1CCN(Cc2cccc(C=NNc3ccccc3)c2)CC1. The molecule has 0 aliphatic carbocycles. The average molecular weight is 322 g/mol. The van der Waals surface area contributed by atoms with Crippen LogP contribution in [0.25, 0.3) is 0 Å². The number of hydrogen-bond donors (Lipinski definition) is 1. The maximum atomic E-state index is 4.33. The number of likely N-dealkylation sites (N-methyl/N-ethyl adjacent to an activating group) is 1. The van der Waals surface area contributed by atoms with Crippen LogP contribution in [0.4, 0.5) is 5.69 Å². The molecule has 0 spiro atoms. The number of rotatable bonds is 6. The van der Waals surface area contributed by atoms with Gasteiger partial charge in [0.1, 0.15) is 0 Å². The van der Waals surface area contributed by atoms with E-state index in [0.29, 0.717) is 0 Å². The second-order valence-electron chi connectivity index (χ2n) is 6.19. The van der Waals surface area contributed by atoms with E-state index in [1.165, 1.54) is 18.7 Å². The number of hydrazone groups is 1. The van der Waals surface area contributed by atoms with Gasteiger partial charge in [-0.1, -0.05) is 43.3 Å². The van der Waals surface area contributed by atoms with Crippen molar-refractivity contribution in [2.75, 3.05) is 38.1 Å². The topological polar surface area (TPSA) is 30.9 Å². The molecule has 24 heavy (non-hydrogen) atoms. The summed E-state index contributed by atoms with van der Waals surface area (Å²) < 4.78 is 0. The van der Waals surface area contributed by atoms with Crippen molar-refractivity contribution in [3.05, 3.63) is 65.7 Å². The van der Waals surface area contributed by atoms with Crippen LogP contribution in [0.1, 0.15) is 18.1 Å². The van der Waals surface area contributed by atoms with Crippen molar-refractivity contribution >= 4 is 11.9 Å². The van der Waals surface area contributed by atoms with Gasteiger partial charge in [-0.3, -0.25) is 10.3 Å². The fourth-order valence-electron chi connectivity index (χ4n) is 2.99. The Bertz CT molecular complexity index is 646. The van der Waals surface area contributed by atoms with Crippen molar-refractivity contribution in [3.63, 3.8) is 0 Å². The van der Waals surface area contributed by atoms with Gasteiger partial charge >= 0.3 is 0 Å². The summed E-state index contributed by atoms with van der Waals surface area (Å²) in [6.45, 7) is 9.09. The lowest BCUT2D eigenvalue weighted by Crippen LogP contribution is -2.45. The standard InChI is InChI=1S/C20H26N4/c1-2-23-11-13-24(14-12-23)17-19-8-6-7-18(15-19)16-21-22-20-9-4-3-5-10-20/h3-10,15-16,22H,2,11-14,17H2,1H3. The van der Waals surface area contributed by atoms with Crippen LogP contribution in [0.15, 0.2) is 59.7 Å². The monoisotopic (exact) mass is 322 g/mol. The quantitative estimate of drug-likeness (QED) is 0.654. The first-order valence-corrected chi connectivity index (χ1v) is 8.71. The summed E-state index contributed by atoms with van der Waals surface area (Å²) in [5, 5.41) is 4.33. The van der Waals surface area contributed by atoms with Gasteiger partial charge in [-0.25, -0.2) is 0 Å². The molecule has 0 atom stereocenters. The third-order valence-electron chi connectivity index (χ3n) is 4.45. The molecule has 0 radical (unpaired) electrons. The van der Waals surface area contributed by atoms with E-state index in [4.69, 9.17) is 0 Å². The molecule has 2 aromatic carbocycles. The molecule has 1 N–H and O–H groups in total. The van der Waals surface area contributed by atoms with Crippen molar-refractivity contribution in [1.29, 1.82) is 0 Å². The first-order chi connectivity index (χ1) is 11.8. The number of hydrogen-bond acceptors (Lipinski definition) is 4. The summed E-state index contributed by atoms with van der Waals surface area (Å²) in [6, 6.07) is 18.6. The Labute approximate surface area is 144 Å². The molecule has 0 unspecified atom stereocenters. The molecule has 0 bridgehead atoms. The van der Waals surface area contributed by atoms with E-state index in [1.807, 2.05) is 36.5 Å². The third kappa shape index (κ3) is 4.91. The van der Waals surface area contributed by atoms with E-state index in [-0.39, 0.29) is 0 Å². The van der Waals surface area contributed by atoms with Gasteiger partial charge in [0.25, 0.3) is 0 Å². The summed E-state index contributed by atoms with van der Waals surface area (Å²) in [7, 11) is 0. The minimum Gasteiger partial charge on any atom is -0.301 e. The van der Waals surface area contributed by atoms with Gasteiger partial charge in [0.15, 0.2) is 0 Å². The molecule has 0 saturated carbocycles. The predicted molar refractivity (Wildman–Crippen MR) is 101 cm³/mol. The van der Waals surface area contributed by atoms with Crippen molar-refractivity contribution in [1.82, 2.24) is 9.80 Å². The summed E-state index contributed by atoms with van der Waals surface area (Å²) in [5.74, 6) is 0. The molecule has 1 aliphatic heterocycles. The lowest BCUT2D eigenvalue weighted by Gasteiger charge is -2.34. The Morgan fingerprint density at radius 2 is 1.71 bits per heavy atom.